The van der Waals surface area contributed by atoms with Gasteiger partial charge in [0, 0.05) is 6.42 Å². The molecule has 3 unspecified atom stereocenters. The Balaban J connectivity index is 3.89. The summed E-state index contributed by atoms with van der Waals surface area (Å²) in [6.07, 6.45) is 66.7. The van der Waals surface area contributed by atoms with Crippen molar-refractivity contribution in [1.82, 2.24) is 5.32 Å². The third-order valence-electron chi connectivity index (χ3n) is 11.7. The molecule has 9 heteroatoms. The second-order valence-corrected chi connectivity index (χ2v) is 20.7. The van der Waals surface area contributed by atoms with Crippen LogP contribution < -0.4 is 5.32 Å². The molecule has 0 rings (SSSR count). The molecule has 382 valence electrons. The molecule has 0 aromatic carbocycles. The van der Waals surface area contributed by atoms with Crippen molar-refractivity contribution in [2.45, 2.75) is 231 Å². The maximum atomic E-state index is 12.9. The molecule has 3 atom stereocenters. The highest BCUT2D eigenvalue weighted by molar-refractivity contribution is 7.47. The van der Waals surface area contributed by atoms with Crippen LogP contribution in [-0.2, 0) is 18.4 Å². The van der Waals surface area contributed by atoms with Crippen LogP contribution in [0.25, 0.3) is 0 Å². The summed E-state index contributed by atoms with van der Waals surface area (Å²) in [6, 6.07) is -0.760. The number of phosphoric ester groups is 1. The fourth-order valence-electron chi connectivity index (χ4n) is 7.44. The van der Waals surface area contributed by atoms with Crippen molar-refractivity contribution >= 4 is 13.7 Å². The number of carbonyl (C=O) groups is 1. The highest BCUT2D eigenvalue weighted by atomic mass is 31.2. The Labute approximate surface area is 407 Å². The minimum absolute atomic E-state index is 0.0720. The van der Waals surface area contributed by atoms with E-state index in [4.69, 9.17) is 9.05 Å². The van der Waals surface area contributed by atoms with Crippen molar-refractivity contribution in [2.75, 3.05) is 40.9 Å². The fourth-order valence-corrected chi connectivity index (χ4v) is 8.17. The van der Waals surface area contributed by atoms with Crippen LogP contribution in [0.5, 0.6) is 0 Å². The molecule has 0 bridgehead atoms. The summed E-state index contributed by atoms with van der Waals surface area (Å²) in [5.41, 5.74) is 0. The average Bonchev–Trinajstić information content (AvgIpc) is 3.28. The number of rotatable bonds is 48. The quantitative estimate of drug-likeness (QED) is 0.0243. The molecule has 0 radical (unpaired) electrons. The Hall–Kier alpha value is -2.32. The summed E-state index contributed by atoms with van der Waals surface area (Å²) >= 11 is 0. The zero-order chi connectivity index (χ0) is 48.5. The van der Waals surface area contributed by atoms with Gasteiger partial charge in [-0.25, -0.2) is 4.57 Å². The monoisotopic (exact) mass is 944 g/mol. The minimum Gasteiger partial charge on any atom is -0.391 e. The van der Waals surface area contributed by atoms with Crippen molar-refractivity contribution < 1.29 is 32.9 Å². The van der Waals surface area contributed by atoms with Crippen LogP contribution in [0.1, 0.15) is 219 Å². The number of hydrogen-bond acceptors (Lipinski definition) is 5. The van der Waals surface area contributed by atoms with Gasteiger partial charge in [-0.05, 0) is 70.6 Å². The number of nitrogens with one attached hydrogen (secondary N) is 1. The van der Waals surface area contributed by atoms with Crippen molar-refractivity contribution in [3.8, 4) is 0 Å². The normalized spacial score (nSPS) is 14.7. The lowest BCUT2D eigenvalue weighted by molar-refractivity contribution is -0.870. The average molecular weight is 944 g/mol. The molecule has 0 heterocycles. The fraction of sp³-hybridized carbons (Fsp3) is 0.737. The van der Waals surface area contributed by atoms with Crippen LogP contribution in [0.15, 0.2) is 85.1 Å². The molecule has 0 aromatic heterocycles. The first kappa shape index (κ1) is 63.7. The third-order valence-corrected chi connectivity index (χ3v) is 12.6. The first-order valence-electron chi connectivity index (χ1n) is 27.0. The molecule has 8 nitrogen and oxygen atoms in total. The van der Waals surface area contributed by atoms with Crippen molar-refractivity contribution in [3.05, 3.63) is 85.1 Å². The first-order valence-corrected chi connectivity index (χ1v) is 28.4. The molecular weight excluding hydrogens is 840 g/mol. The number of hydrogen-bond donors (Lipinski definition) is 3. The summed E-state index contributed by atoms with van der Waals surface area (Å²) in [4.78, 5) is 23.1. The van der Waals surface area contributed by atoms with Crippen LogP contribution in [0.2, 0.25) is 0 Å². The van der Waals surface area contributed by atoms with Crippen LogP contribution in [0.4, 0.5) is 0 Å². The molecule has 0 aliphatic carbocycles. The van der Waals surface area contributed by atoms with Gasteiger partial charge in [0.05, 0.1) is 39.9 Å². The molecule has 3 N–H and O–H groups in total. The molecule has 0 saturated heterocycles. The van der Waals surface area contributed by atoms with Gasteiger partial charge in [-0.3, -0.25) is 13.8 Å². The summed E-state index contributed by atoms with van der Waals surface area (Å²) in [5.74, 6) is -0.151. The molecule has 0 aromatic rings. The van der Waals surface area contributed by atoms with E-state index in [1.165, 1.54) is 109 Å². The maximum Gasteiger partial charge on any atom is 0.472 e. The smallest absolute Gasteiger partial charge is 0.391 e. The van der Waals surface area contributed by atoms with Gasteiger partial charge in [-0.2, -0.15) is 0 Å². The largest absolute Gasteiger partial charge is 0.472 e. The van der Waals surface area contributed by atoms with E-state index < -0.39 is 20.0 Å². The number of amides is 1. The van der Waals surface area contributed by atoms with Crippen LogP contribution >= 0.6 is 7.82 Å². The zero-order valence-electron chi connectivity index (χ0n) is 43.4. The maximum absolute atomic E-state index is 12.9. The topological polar surface area (TPSA) is 105 Å². The second-order valence-electron chi connectivity index (χ2n) is 19.2. The SMILES string of the molecule is CC/C=C\C/C=C\C/C=C\C/C=C\C/C=C\C/C=C\C/C=C\CCCCCCCCCCCCCCCCCC(=O)NC(COP(=O)(O)OCC[N+](C)(C)C)C(O)CCCCCCCCC. The second kappa shape index (κ2) is 47.7. The number of allylic oxidation sites excluding steroid dienone is 14. The van der Waals surface area contributed by atoms with E-state index in [1.54, 1.807) is 0 Å². The Morgan fingerprint density at radius 3 is 1.33 bits per heavy atom. The van der Waals surface area contributed by atoms with Crippen LogP contribution in [-0.4, -0.2) is 73.4 Å². The van der Waals surface area contributed by atoms with Crippen LogP contribution in [0, 0.1) is 0 Å². The van der Waals surface area contributed by atoms with Gasteiger partial charge in [0.25, 0.3) is 0 Å². The number of carbonyl (C=O) groups excluding carboxylic acids is 1. The number of aliphatic hydroxyl groups excluding tert-OH is 1. The predicted octanol–water partition coefficient (Wildman–Crippen LogP) is 16.1. The number of likely N-dealkylation sites (N-methyl/N-ethyl adjacent to an activating group) is 1. The van der Waals surface area contributed by atoms with Crippen molar-refractivity contribution in [3.63, 3.8) is 0 Å². The van der Waals surface area contributed by atoms with E-state index in [-0.39, 0.29) is 19.1 Å². The standard InChI is InChI=1S/C57H103N2O6P/c1-6-8-10-12-14-15-16-17-18-19-20-21-22-23-24-25-26-27-28-29-30-31-32-33-34-35-36-37-38-39-40-41-42-43-45-47-49-51-57(61)58-55(56(60)50-48-46-44-13-11-9-7-2)54-65-66(62,63)64-53-52-59(3,4)5/h8,10,14-15,17-18,20-21,23-24,26-27,29-30,55-56,60H,6-7,9,11-13,16,19,22,25,28,31-54H2,1-5H3,(H-,58,61,62,63)/p+1/b10-8-,15-14-,18-17-,21-20-,24-23-,27-26-,30-29-. The van der Waals surface area contributed by atoms with E-state index >= 15 is 0 Å². The zero-order valence-corrected chi connectivity index (χ0v) is 44.3. The van der Waals surface area contributed by atoms with E-state index in [0.29, 0.717) is 23.9 Å². The number of aliphatic hydroxyl groups is 1. The molecule has 0 fully saturated rings. The molecule has 0 saturated carbocycles. The van der Waals surface area contributed by atoms with E-state index in [9.17, 15) is 19.4 Å². The lowest BCUT2D eigenvalue weighted by atomic mass is 10.0. The lowest BCUT2D eigenvalue weighted by Gasteiger charge is -2.26. The molecule has 1 amide bonds. The highest BCUT2D eigenvalue weighted by Gasteiger charge is 2.28. The minimum atomic E-state index is -4.31. The lowest BCUT2D eigenvalue weighted by Crippen LogP contribution is -2.46. The van der Waals surface area contributed by atoms with Crippen molar-refractivity contribution in [2.24, 2.45) is 0 Å². The Morgan fingerprint density at radius 1 is 0.530 bits per heavy atom. The molecule has 0 aliphatic rings. The van der Waals surface area contributed by atoms with Gasteiger partial charge in [-0.1, -0.05) is 227 Å². The van der Waals surface area contributed by atoms with Gasteiger partial charge >= 0.3 is 7.82 Å². The summed E-state index contributed by atoms with van der Waals surface area (Å²) < 4.78 is 23.6. The Morgan fingerprint density at radius 2 is 0.909 bits per heavy atom. The summed E-state index contributed by atoms with van der Waals surface area (Å²) in [7, 11) is 1.61. The molecular formula is C57H104N2O6P+. The Bertz CT molecular complexity index is 1350. The van der Waals surface area contributed by atoms with E-state index in [0.717, 1.165) is 83.5 Å². The Kier molecular flexibility index (Phi) is 46.1. The number of nitrogens with zero attached hydrogens (tertiary/aromatic N) is 1. The summed E-state index contributed by atoms with van der Waals surface area (Å²) in [6.45, 7) is 4.72. The highest BCUT2D eigenvalue weighted by Crippen LogP contribution is 2.43. The summed E-state index contributed by atoms with van der Waals surface area (Å²) in [5, 5.41) is 13.9. The molecule has 0 aliphatic heterocycles. The molecule has 0 spiro atoms. The van der Waals surface area contributed by atoms with Gasteiger partial charge in [0.15, 0.2) is 0 Å². The van der Waals surface area contributed by atoms with Gasteiger partial charge in [0.2, 0.25) is 5.91 Å². The number of quaternary nitrogens is 1. The third kappa shape index (κ3) is 49.6. The number of phosphoric acid groups is 1. The predicted molar refractivity (Wildman–Crippen MR) is 286 cm³/mol. The van der Waals surface area contributed by atoms with E-state index in [1.807, 2.05) is 21.1 Å². The van der Waals surface area contributed by atoms with Crippen molar-refractivity contribution in [1.29, 1.82) is 0 Å². The number of unbranched alkanes of at least 4 members (excludes halogenated alkanes) is 21. The molecule has 66 heavy (non-hydrogen) atoms. The van der Waals surface area contributed by atoms with E-state index in [2.05, 4.69) is 104 Å². The van der Waals surface area contributed by atoms with Gasteiger partial charge < -0.3 is 19.8 Å². The first-order chi connectivity index (χ1) is 32.0. The van der Waals surface area contributed by atoms with Gasteiger partial charge in [0.1, 0.15) is 13.2 Å². The van der Waals surface area contributed by atoms with Gasteiger partial charge in [-0.15, -0.1) is 0 Å². The van der Waals surface area contributed by atoms with Crippen LogP contribution in [0.3, 0.4) is 0 Å².